The standard InChI is InChI=1S/C18H26BrN3O4/c1-2-6-15(17(24)25)22-18(26)21-12-5-3-4-11-20-16(23)13-7-9-14(19)10-8-13/h7-10,15H,2-6,11-12H2,1H3,(H,20,23)(H,24,25)(H2,21,22,26)/t15-/m0/s1. The van der Waals surface area contributed by atoms with Gasteiger partial charge in [0.25, 0.3) is 5.91 Å². The molecule has 1 aromatic rings. The van der Waals surface area contributed by atoms with Crippen molar-refractivity contribution < 1.29 is 19.5 Å². The van der Waals surface area contributed by atoms with Gasteiger partial charge in [0.1, 0.15) is 6.04 Å². The maximum Gasteiger partial charge on any atom is 0.326 e. The highest BCUT2D eigenvalue weighted by atomic mass is 79.9. The predicted molar refractivity (Wildman–Crippen MR) is 103 cm³/mol. The smallest absolute Gasteiger partial charge is 0.326 e. The van der Waals surface area contributed by atoms with E-state index in [4.69, 9.17) is 5.11 Å². The van der Waals surface area contributed by atoms with Crippen LogP contribution in [-0.4, -0.2) is 42.1 Å². The molecule has 3 amide bonds. The first-order valence-corrected chi connectivity index (χ1v) is 9.54. The van der Waals surface area contributed by atoms with Crippen molar-refractivity contribution in [1.29, 1.82) is 0 Å². The van der Waals surface area contributed by atoms with E-state index in [0.29, 0.717) is 31.5 Å². The summed E-state index contributed by atoms with van der Waals surface area (Å²) in [7, 11) is 0. The normalized spacial score (nSPS) is 11.5. The summed E-state index contributed by atoms with van der Waals surface area (Å²) in [5, 5.41) is 16.9. The Kier molecular flexibility index (Phi) is 10.4. The number of rotatable bonds is 11. The number of benzene rings is 1. The Morgan fingerprint density at radius 3 is 2.23 bits per heavy atom. The highest BCUT2D eigenvalue weighted by Crippen LogP contribution is 2.10. The minimum atomic E-state index is -1.02. The van der Waals surface area contributed by atoms with Gasteiger partial charge in [-0.15, -0.1) is 0 Å². The molecular weight excluding hydrogens is 402 g/mol. The van der Waals surface area contributed by atoms with Crippen LogP contribution in [-0.2, 0) is 4.79 Å². The molecule has 0 unspecified atom stereocenters. The van der Waals surface area contributed by atoms with Crippen molar-refractivity contribution in [2.75, 3.05) is 13.1 Å². The van der Waals surface area contributed by atoms with E-state index >= 15 is 0 Å². The molecular formula is C18H26BrN3O4. The number of carbonyl (C=O) groups excluding carboxylic acids is 2. The van der Waals surface area contributed by atoms with Crippen LogP contribution in [0.4, 0.5) is 4.79 Å². The van der Waals surface area contributed by atoms with E-state index < -0.39 is 18.0 Å². The van der Waals surface area contributed by atoms with Gasteiger partial charge in [0.2, 0.25) is 0 Å². The van der Waals surface area contributed by atoms with Gasteiger partial charge in [0.15, 0.2) is 0 Å². The van der Waals surface area contributed by atoms with Gasteiger partial charge in [0, 0.05) is 23.1 Å². The Hall–Kier alpha value is -2.09. The maximum atomic E-state index is 11.9. The number of carboxylic acid groups (broad SMARTS) is 1. The first-order valence-electron chi connectivity index (χ1n) is 8.75. The maximum absolute atomic E-state index is 11.9. The Balaban J connectivity index is 2.10. The lowest BCUT2D eigenvalue weighted by Crippen LogP contribution is -2.46. The van der Waals surface area contributed by atoms with Crippen LogP contribution in [0.15, 0.2) is 28.7 Å². The Labute approximate surface area is 162 Å². The van der Waals surface area contributed by atoms with E-state index in [1.807, 2.05) is 19.1 Å². The molecule has 144 valence electrons. The van der Waals surface area contributed by atoms with Crippen molar-refractivity contribution in [3.63, 3.8) is 0 Å². The molecule has 0 spiro atoms. The van der Waals surface area contributed by atoms with Crippen molar-refractivity contribution in [3.05, 3.63) is 34.3 Å². The van der Waals surface area contributed by atoms with Crippen molar-refractivity contribution in [2.24, 2.45) is 0 Å². The van der Waals surface area contributed by atoms with Crippen molar-refractivity contribution in [2.45, 2.75) is 45.1 Å². The molecule has 0 saturated carbocycles. The molecule has 1 rings (SSSR count). The molecule has 0 heterocycles. The van der Waals surface area contributed by atoms with Gasteiger partial charge in [-0.05, 0) is 49.9 Å². The van der Waals surface area contributed by atoms with Crippen molar-refractivity contribution in [1.82, 2.24) is 16.0 Å². The minimum Gasteiger partial charge on any atom is -0.480 e. The van der Waals surface area contributed by atoms with Gasteiger partial charge in [-0.3, -0.25) is 4.79 Å². The summed E-state index contributed by atoms with van der Waals surface area (Å²) in [6.45, 7) is 2.90. The zero-order valence-corrected chi connectivity index (χ0v) is 16.5. The summed E-state index contributed by atoms with van der Waals surface area (Å²) in [6.07, 6.45) is 3.49. The molecule has 0 saturated heterocycles. The molecule has 0 aliphatic rings. The molecule has 26 heavy (non-hydrogen) atoms. The van der Waals surface area contributed by atoms with Gasteiger partial charge >= 0.3 is 12.0 Å². The third-order valence-electron chi connectivity index (χ3n) is 3.71. The van der Waals surface area contributed by atoms with Crippen LogP contribution in [0.5, 0.6) is 0 Å². The molecule has 0 fully saturated rings. The SMILES string of the molecule is CCC[C@H](NC(=O)NCCCCCNC(=O)c1ccc(Br)cc1)C(=O)O. The average molecular weight is 428 g/mol. The number of halogens is 1. The second-order valence-electron chi connectivity index (χ2n) is 5.90. The third-order valence-corrected chi connectivity index (χ3v) is 4.24. The van der Waals surface area contributed by atoms with Crippen molar-refractivity contribution in [3.8, 4) is 0 Å². The fourth-order valence-electron chi connectivity index (χ4n) is 2.29. The van der Waals surface area contributed by atoms with Gasteiger partial charge in [-0.1, -0.05) is 29.3 Å². The quantitative estimate of drug-likeness (QED) is 0.407. The Morgan fingerprint density at radius 2 is 1.65 bits per heavy atom. The van der Waals surface area contributed by atoms with Gasteiger partial charge in [-0.2, -0.15) is 0 Å². The number of urea groups is 1. The lowest BCUT2D eigenvalue weighted by Gasteiger charge is -2.14. The van der Waals surface area contributed by atoms with Gasteiger partial charge < -0.3 is 21.1 Å². The monoisotopic (exact) mass is 427 g/mol. The number of amides is 3. The van der Waals surface area contributed by atoms with E-state index in [0.717, 1.165) is 23.7 Å². The number of nitrogens with one attached hydrogen (secondary N) is 3. The van der Waals surface area contributed by atoms with E-state index in [2.05, 4.69) is 31.9 Å². The molecule has 0 aliphatic heterocycles. The third kappa shape index (κ3) is 8.84. The summed E-state index contributed by atoms with van der Waals surface area (Å²) in [5.41, 5.74) is 0.617. The van der Waals surface area contributed by atoms with Gasteiger partial charge in [0.05, 0.1) is 0 Å². The van der Waals surface area contributed by atoms with Crippen LogP contribution in [0, 0.1) is 0 Å². The van der Waals surface area contributed by atoms with E-state index in [9.17, 15) is 14.4 Å². The predicted octanol–water partition coefficient (Wildman–Crippen LogP) is 2.90. The Bertz CT molecular complexity index is 593. The first-order chi connectivity index (χ1) is 12.4. The van der Waals surface area contributed by atoms with Crippen LogP contribution >= 0.6 is 15.9 Å². The molecule has 0 aliphatic carbocycles. The largest absolute Gasteiger partial charge is 0.480 e. The van der Waals surface area contributed by atoms with Crippen molar-refractivity contribution >= 4 is 33.8 Å². The molecule has 0 radical (unpaired) electrons. The molecule has 0 bridgehead atoms. The average Bonchev–Trinajstić information content (AvgIpc) is 2.60. The number of carbonyl (C=O) groups is 3. The van der Waals surface area contributed by atoms with Crippen LogP contribution in [0.1, 0.15) is 49.4 Å². The lowest BCUT2D eigenvalue weighted by atomic mass is 10.2. The lowest BCUT2D eigenvalue weighted by molar-refractivity contribution is -0.139. The molecule has 1 atom stereocenters. The number of hydrogen-bond donors (Lipinski definition) is 4. The van der Waals surface area contributed by atoms with Crippen LogP contribution in [0.2, 0.25) is 0 Å². The second-order valence-corrected chi connectivity index (χ2v) is 6.82. The number of hydrogen-bond acceptors (Lipinski definition) is 3. The fourth-order valence-corrected chi connectivity index (χ4v) is 2.55. The van der Waals surface area contributed by atoms with E-state index in [-0.39, 0.29) is 5.91 Å². The summed E-state index contributed by atoms with van der Waals surface area (Å²) in [6, 6.07) is 5.83. The minimum absolute atomic E-state index is 0.106. The molecule has 4 N–H and O–H groups in total. The highest BCUT2D eigenvalue weighted by Gasteiger charge is 2.18. The zero-order valence-electron chi connectivity index (χ0n) is 14.9. The Morgan fingerprint density at radius 1 is 1.04 bits per heavy atom. The van der Waals surface area contributed by atoms with E-state index in [1.165, 1.54) is 0 Å². The topological polar surface area (TPSA) is 108 Å². The van der Waals surface area contributed by atoms with Gasteiger partial charge in [-0.25, -0.2) is 9.59 Å². The van der Waals surface area contributed by atoms with Crippen LogP contribution < -0.4 is 16.0 Å². The molecule has 7 nitrogen and oxygen atoms in total. The number of carboxylic acids is 1. The summed E-state index contributed by atoms with van der Waals surface area (Å²) >= 11 is 3.33. The van der Waals surface area contributed by atoms with Crippen LogP contribution in [0.3, 0.4) is 0 Å². The van der Waals surface area contributed by atoms with E-state index in [1.54, 1.807) is 12.1 Å². The summed E-state index contributed by atoms with van der Waals surface area (Å²) in [4.78, 5) is 34.5. The highest BCUT2D eigenvalue weighted by molar-refractivity contribution is 9.10. The molecule has 8 heteroatoms. The van der Waals surface area contributed by atoms with Crippen LogP contribution in [0.25, 0.3) is 0 Å². The molecule has 0 aromatic heterocycles. The zero-order chi connectivity index (χ0) is 19.4. The first kappa shape index (κ1) is 22.0. The fraction of sp³-hybridized carbons (Fsp3) is 0.500. The molecule has 1 aromatic carbocycles. The summed E-state index contributed by atoms with van der Waals surface area (Å²) < 4.78 is 0.926. The second kappa shape index (κ2) is 12.3. The summed E-state index contributed by atoms with van der Waals surface area (Å²) in [5.74, 6) is -1.13. The number of unbranched alkanes of at least 4 members (excludes halogenated alkanes) is 2. The number of aliphatic carboxylic acids is 1.